The quantitative estimate of drug-likeness (QED) is 0.394. The van der Waals surface area contributed by atoms with Gasteiger partial charge in [-0.2, -0.15) is 5.10 Å². The predicted molar refractivity (Wildman–Crippen MR) is 132 cm³/mol. The molecule has 2 saturated carbocycles. The molecule has 4 unspecified atom stereocenters. The Balaban J connectivity index is 1.15. The standard InChI is InChI=1S/C26H27N5O2S/c1-13-6-21(32)26(9-13)10-18(26)23(33)14-2-4-17-20(8-14)34-25-22(17)24(27-12-28-25)30-16-3-5-19-15(7-16)11-29-31-19/h3,5,7,11-14,18,21,32H,2,4,6,8-10H2,1H3,(H,29,31)(H,27,28,30)/t13?,14-,18?,21?,26?/m0/s1. The number of aromatic nitrogens is 4. The van der Waals surface area contributed by atoms with Crippen LogP contribution in [0, 0.1) is 23.2 Å². The maximum Gasteiger partial charge on any atom is 0.142 e. The van der Waals surface area contributed by atoms with Crippen LogP contribution in [0.25, 0.3) is 21.1 Å². The maximum atomic E-state index is 13.4. The number of carbonyl (C=O) groups is 1. The Bertz CT molecular complexity index is 1440. The van der Waals surface area contributed by atoms with E-state index < -0.39 is 0 Å². The van der Waals surface area contributed by atoms with E-state index in [9.17, 15) is 9.90 Å². The maximum absolute atomic E-state index is 13.4. The molecule has 3 heterocycles. The Kier molecular flexibility index (Phi) is 4.42. The smallest absolute Gasteiger partial charge is 0.142 e. The SMILES string of the molecule is CC1CC(O)C2(C1)CC2C(=O)[C@H]1CCc2c(sc3ncnc(Nc4ccc5[nH]ncc5c4)c23)C1. The summed E-state index contributed by atoms with van der Waals surface area (Å²) >= 11 is 1.70. The second-order valence-electron chi connectivity index (χ2n) is 10.6. The lowest BCUT2D eigenvalue weighted by Gasteiger charge is -2.23. The summed E-state index contributed by atoms with van der Waals surface area (Å²) in [4.78, 5) is 24.8. The van der Waals surface area contributed by atoms with E-state index in [4.69, 9.17) is 0 Å². The molecule has 0 aliphatic heterocycles. The number of aliphatic hydroxyl groups is 1. The van der Waals surface area contributed by atoms with E-state index in [2.05, 4.69) is 38.5 Å². The second kappa shape index (κ2) is 7.33. The number of H-pyrrole nitrogens is 1. The highest BCUT2D eigenvalue weighted by Gasteiger charge is 2.65. The van der Waals surface area contributed by atoms with E-state index in [0.29, 0.717) is 11.7 Å². The van der Waals surface area contributed by atoms with Crippen molar-refractivity contribution < 1.29 is 9.90 Å². The fourth-order valence-corrected chi connectivity index (χ4v) is 7.94. The molecular weight excluding hydrogens is 446 g/mol. The van der Waals surface area contributed by atoms with Crippen LogP contribution in [0.1, 0.15) is 43.0 Å². The van der Waals surface area contributed by atoms with E-state index in [-0.39, 0.29) is 23.4 Å². The van der Waals surface area contributed by atoms with Crippen LogP contribution in [-0.4, -0.2) is 37.2 Å². The number of carbonyl (C=O) groups excluding carboxylic acids is 1. The monoisotopic (exact) mass is 473 g/mol. The lowest BCUT2D eigenvalue weighted by Crippen LogP contribution is -2.27. The number of nitrogens with one attached hydrogen (secondary N) is 2. The van der Waals surface area contributed by atoms with Gasteiger partial charge in [0.1, 0.15) is 22.8 Å². The number of ketones is 1. The number of aliphatic hydroxyl groups excluding tert-OH is 1. The first-order chi connectivity index (χ1) is 16.5. The van der Waals surface area contributed by atoms with Gasteiger partial charge in [-0.15, -0.1) is 11.3 Å². The largest absolute Gasteiger partial charge is 0.393 e. The Morgan fingerprint density at radius 3 is 3.06 bits per heavy atom. The summed E-state index contributed by atoms with van der Waals surface area (Å²) in [6, 6.07) is 6.09. The van der Waals surface area contributed by atoms with Crippen LogP contribution in [-0.2, 0) is 17.6 Å². The molecule has 7 rings (SSSR count). The molecule has 1 spiro atoms. The Morgan fingerprint density at radius 1 is 1.29 bits per heavy atom. The zero-order chi connectivity index (χ0) is 23.0. The number of benzene rings is 1. The van der Waals surface area contributed by atoms with Crippen molar-refractivity contribution in [1.29, 1.82) is 0 Å². The molecule has 34 heavy (non-hydrogen) atoms. The third kappa shape index (κ3) is 3.04. The molecular formula is C26H27N5O2S. The first-order valence-electron chi connectivity index (χ1n) is 12.2. The average molecular weight is 474 g/mol. The minimum atomic E-state index is -0.301. The first kappa shape index (κ1) is 20.5. The summed E-state index contributed by atoms with van der Waals surface area (Å²) in [5.41, 5.74) is 3.13. The van der Waals surface area contributed by atoms with Gasteiger partial charge >= 0.3 is 0 Å². The van der Waals surface area contributed by atoms with Crippen molar-refractivity contribution in [2.75, 3.05) is 5.32 Å². The molecule has 3 aliphatic carbocycles. The molecule has 4 aromatic rings. The Morgan fingerprint density at radius 2 is 2.21 bits per heavy atom. The average Bonchev–Trinajstić information content (AvgIpc) is 3.10. The van der Waals surface area contributed by atoms with Crippen LogP contribution in [0.15, 0.2) is 30.7 Å². The van der Waals surface area contributed by atoms with Crippen molar-refractivity contribution in [2.45, 2.75) is 51.6 Å². The molecule has 5 atom stereocenters. The summed E-state index contributed by atoms with van der Waals surface area (Å²) in [6.45, 7) is 2.20. The number of rotatable bonds is 4. The van der Waals surface area contributed by atoms with Crippen LogP contribution in [0.4, 0.5) is 11.5 Å². The van der Waals surface area contributed by atoms with Crippen molar-refractivity contribution in [3.05, 3.63) is 41.2 Å². The number of anilines is 2. The summed E-state index contributed by atoms with van der Waals surface area (Å²) in [5, 5.41) is 23.3. The Labute approximate surface area is 201 Å². The second-order valence-corrected chi connectivity index (χ2v) is 11.7. The minimum Gasteiger partial charge on any atom is -0.393 e. The molecule has 174 valence electrons. The fraction of sp³-hybridized carbons (Fsp3) is 0.462. The number of fused-ring (bicyclic) bond motifs is 4. The summed E-state index contributed by atoms with van der Waals surface area (Å²) < 4.78 is 0. The van der Waals surface area contributed by atoms with E-state index in [0.717, 1.165) is 71.1 Å². The summed E-state index contributed by atoms with van der Waals surface area (Å²) in [7, 11) is 0. The van der Waals surface area contributed by atoms with E-state index in [1.807, 2.05) is 18.3 Å². The van der Waals surface area contributed by atoms with Crippen molar-refractivity contribution in [3.63, 3.8) is 0 Å². The van der Waals surface area contributed by atoms with Crippen LogP contribution < -0.4 is 5.32 Å². The number of hydrogen-bond donors (Lipinski definition) is 3. The minimum absolute atomic E-state index is 0.0564. The lowest BCUT2D eigenvalue weighted by atomic mass is 9.82. The third-order valence-electron chi connectivity index (χ3n) is 8.43. The molecule has 0 amide bonds. The fourth-order valence-electron chi connectivity index (χ4n) is 6.67. The molecule has 1 aromatic carbocycles. The number of aryl methyl sites for hydroxylation is 1. The highest BCUT2D eigenvalue weighted by Crippen LogP contribution is 2.65. The van der Waals surface area contributed by atoms with Gasteiger partial charge < -0.3 is 10.4 Å². The highest BCUT2D eigenvalue weighted by molar-refractivity contribution is 7.19. The van der Waals surface area contributed by atoms with Crippen LogP contribution in [0.2, 0.25) is 0 Å². The van der Waals surface area contributed by atoms with Crippen molar-refractivity contribution in [2.24, 2.45) is 23.2 Å². The van der Waals surface area contributed by atoms with E-state index in [1.54, 1.807) is 17.7 Å². The normalized spacial score (nSPS) is 30.2. The van der Waals surface area contributed by atoms with Gasteiger partial charge in [0.25, 0.3) is 0 Å². The Hall–Kier alpha value is -2.84. The lowest BCUT2D eigenvalue weighted by molar-refractivity contribution is -0.125. The van der Waals surface area contributed by atoms with Gasteiger partial charge in [0.2, 0.25) is 0 Å². The molecule has 2 fully saturated rings. The molecule has 0 bridgehead atoms. The molecule has 3 aliphatic rings. The number of hydrogen-bond acceptors (Lipinski definition) is 7. The van der Waals surface area contributed by atoms with Gasteiger partial charge in [-0.1, -0.05) is 6.92 Å². The van der Waals surface area contributed by atoms with E-state index >= 15 is 0 Å². The van der Waals surface area contributed by atoms with Crippen LogP contribution in [0.3, 0.4) is 0 Å². The van der Waals surface area contributed by atoms with Gasteiger partial charge in [0, 0.05) is 33.2 Å². The van der Waals surface area contributed by atoms with Gasteiger partial charge in [-0.3, -0.25) is 9.89 Å². The molecule has 3 N–H and O–H groups in total. The van der Waals surface area contributed by atoms with Gasteiger partial charge in [0.05, 0.1) is 23.2 Å². The topological polar surface area (TPSA) is 104 Å². The van der Waals surface area contributed by atoms with Gasteiger partial charge in [-0.25, -0.2) is 9.97 Å². The summed E-state index contributed by atoms with van der Waals surface area (Å²) in [6.07, 6.45) is 8.37. The number of thiophene rings is 1. The summed E-state index contributed by atoms with van der Waals surface area (Å²) in [5.74, 6) is 1.84. The zero-order valence-electron chi connectivity index (χ0n) is 19.0. The van der Waals surface area contributed by atoms with E-state index in [1.165, 1.54) is 10.4 Å². The molecule has 0 radical (unpaired) electrons. The van der Waals surface area contributed by atoms with Gasteiger partial charge in [-0.05, 0) is 68.2 Å². The zero-order valence-corrected chi connectivity index (χ0v) is 19.9. The molecule has 8 heteroatoms. The van der Waals surface area contributed by atoms with Crippen LogP contribution in [0.5, 0.6) is 0 Å². The molecule has 0 saturated heterocycles. The molecule has 3 aromatic heterocycles. The number of aromatic amines is 1. The van der Waals surface area contributed by atoms with Crippen molar-refractivity contribution in [3.8, 4) is 0 Å². The third-order valence-corrected chi connectivity index (χ3v) is 9.59. The molecule has 7 nitrogen and oxygen atoms in total. The number of Topliss-reactive ketones (excluding diaryl/α,β-unsaturated/α-hetero) is 1. The van der Waals surface area contributed by atoms with Crippen LogP contribution >= 0.6 is 11.3 Å². The van der Waals surface area contributed by atoms with Crippen molar-refractivity contribution in [1.82, 2.24) is 20.2 Å². The van der Waals surface area contributed by atoms with Gasteiger partial charge in [0.15, 0.2) is 0 Å². The predicted octanol–water partition coefficient (Wildman–Crippen LogP) is 4.78. The van der Waals surface area contributed by atoms with Crippen molar-refractivity contribution >= 4 is 49.7 Å². The highest BCUT2D eigenvalue weighted by atomic mass is 32.1. The first-order valence-corrected chi connectivity index (χ1v) is 13.0. The number of nitrogens with zero attached hydrogens (tertiary/aromatic N) is 3.